The molecular formula is C22H17F6N5O3. The fraction of sp³-hybridized carbons (Fsp3) is 0.273. The number of fused-ring (bicyclic) bond motifs is 1. The number of nitrogens with one attached hydrogen (secondary N) is 1. The Morgan fingerprint density at radius 3 is 2.53 bits per heavy atom. The van der Waals surface area contributed by atoms with Crippen LogP contribution in [-0.2, 0) is 12.8 Å². The van der Waals surface area contributed by atoms with Crippen molar-refractivity contribution in [2.75, 3.05) is 0 Å². The summed E-state index contributed by atoms with van der Waals surface area (Å²) in [5.41, 5.74) is 0.493. The summed E-state index contributed by atoms with van der Waals surface area (Å²) in [4.78, 5) is 16.3. The van der Waals surface area contributed by atoms with Crippen LogP contribution in [0.5, 0.6) is 5.88 Å². The van der Waals surface area contributed by atoms with E-state index in [2.05, 4.69) is 25.1 Å². The molecule has 1 atom stereocenters. The lowest BCUT2D eigenvalue weighted by molar-refractivity contribution is -0.146. The lowest BCUT2D eigenvalue weighted by atomic mass is 10.1. The Balaban J connectivity index is 1.62. The first kappa shape index (κ1) is 25.0. The Morgan fingerprint density at radius 1 is 1.17 bits per heavy atom. The third-order valence-corrected chi connectivity index (χ3v) is 5.16. The van der Waals surface area contributed by atoms with E-state index in [1.54, 1.807) is 13.0 Å². The lowest BCUT2D eigenvalue weighted by Crippen LogP contribution is -2.27. The highest BCUT2D eigenvalue weighted by Crippen LogP contribution is 2.28. The van der Waals surface area contributed by atoms with Gasteiger partial charge in [-0.1, -0.05) is 5.16 Å². The van der Waals surface area contributed by atoms with Crippen LogP contribution < -0.4 is 10.1 Å². The molecule has 14 heteroatoms. The maximum Gasteiger partial charge on any atom is 0.455 e. The molecule has 3 heterocycles. The minimum atomic E-state index is -4.81. The van der Waals surface area contributed by atoms with Crippen molar-refractivity contribution in [2.45, 2.75) is 39.6 Å². The molecule has 0 radical (unpaired) electrons. The standard InChI is InChI=1S/C22H17F6N5O3/c1-9-6-15-17(19(34)29-11(3)20-30-21(32-36-20)22(26,27)28)10(2)31-33(15)16(7-9)35-8-12-13(23)4-5-14(24)18(12)25/h4-7,11H,8H2,1-3H3,(H,29,34). The number of aryl methyl sites for hydroxylation is 2. The fourth-order valence-corrected chi connectivity index (χ4v) is 3.45. The van der Waals surface area contributed by atoms with Crippen LogP contribution in [0, 0.1) is 31.3 Å². The monoisotopic (exact) mass is 513 g/mol. The molecule has 0 aliphatic heterocycles. The van der Waals surface area contributed by atoms with Gasteiger partial charge in [0, 0.05) is 6.07 Å². The first-order valence-electron chi connectivity index (χ1n) is 10.3. The molecule has 190 valence electrons. The summed E-state index contributed by atoms with van der Waals surface area (Å²) >= 11 is 0. The summed E-state index contributed by atoms with van der Waals surface area (Å²) in [6.07, 6.45) is -4.81. The number of nitrogens with zero attached hydrogens (tertiary/aromatic N) is 4. The number of benzene rings is 1. The topological polar surface area (TPSA) is 94.6 Å². The van der Waals surface area contributed by atoms with Crippen molar-refractivity contribution in [2.24, 2.45) is 0 Å². The number of carbonyl (C=O) groups excluding carboxylic acids is 1. The molecule has 36 heavy (non-hydrogen) atoms. The molecule has 4 rings (SSSR count). The quantitative estimate of drug-likeness (QED) is 0.293. The molecule has 0 bridgehead atoms. The summed E-state index contributed by atoms with van der Waals surface area (Å²) in [7, 11) is 0. The predicted octanol–water partition coefficient (Wildman–Crippen LogP) is 4.84. The summed E-state index contributed by atoms with van der Waals surface area (Å²) in [5, 5.41) is 9.57. The number of halogens is 6. The Hall–Kier alpha value is -4.10. The highest BCUT2D eigenvalue weighted by molar-refractivity contribution is 6.02. The molecule has 0 saturated heterocycles. The van der Waals surface area contributed by atoms with Crippen LogP contribution in [0.25, 0.3) is 5.52 Å². The minimum absolute atomic E-state index is 0.00924. The molecule has 0 fully saturated rings. The van der Waals surface area contributed by atoms with Gasteiger partial charge in [0.2, 0.25) is 11.8 Å². The van der Waals surface area contributed by atoms with Crippen molar-refractivity contribution >= 4 is 11.4 Å². The Labute approximate surface area is 198 Å². The van der Waals surface area contributed by atoms with Crippen molar-refractivity contribution in [3.63, 3.8) is 0 Å². The van der Waals surface area contributed by atoms with Gasteiger partial charge in [-0.25, -0.2) is 13.2 Å². The van der Waals surface area contributed by atoms with Crippen molar-refractivity contribution in [1.29, 1.82) is 0 Å². The number of carbonyl (C=O) groups is 1. The fourth-order valence-electron chi connectivity index (χ4n) is 3.45. The highest BCUT2D eigenvalue weighted by atomic mass is 19.4. The molecule has 8 nitrogen and oxygen atoms in total. The Kier molecular flexibility index (Phi) is 6.37. The van der Waals surface area contributed by atoms with Crippen molar-refractivity contribution in [3.8, 4) is 5.88 Å². The van der Waals surface area contributed by atoms with Crippen LogP contribution in [0.15, 0.2) is 28.8 Å². The molecule has 1 N–H and O–H groups in total. The number of ether oxygens (including phenoxy) is 1. The molecule has 0 aliphatic carbocycles. The van der Waals surface area contributed by atoms with Gasteiger partial charge >= 0.3 is 6.18 Å². The van der Waals surface area contributed by atoms with Gasteiger partial charge in [0.15, 0.2) is 11.6 Å². The van der Waals surface area contributed by atoms with Crippen molar-refractivity contribution in [1.82, 2.24) is 25.1 Å². The van der Waals surface area contributed by atoms with Crippen LogP contribution in [0.4, 0.5) is 26.3 Å². The van der Waals surface area contributed by atoms with Crippen molar-refractivity contribution < 1.29 is 40.4 Å². The summed E-state index contributed by atoms with van der Waals surface area (Å²) in [5.74, 6) is -6.26. The summed E-state index contributed by atoms with van der Waals surface area (Å²) < 4.78 is 91.0. The SMILES string of the molecule is Cc1cc(OCc2c(F)ccc(F)c2F)n2nc(C)c(C(=O)NC(C)c3nc(C(F)(F)F)no3)c2c1. The number of hydrogen-bond donors (Lipinski definition) is 1. The zero-order chi connectivity index (χ0) is 26.4. The number of amides is 1. The van der Waals surface area contributed by atoms with Gasteiger partial charge < -0.3 is 14.6 Å². The van der Waals surface area contributed by atoms with Gasteiger partial charge in [0.05, 0.1) is 22.3 Å². The van der Waals surface area contributed by atoms with Crippen LogP contribution in [0.3, 0.4) is 0 Å². The smallest absolute Gasteiger partial charge is 0.455 e. The number of pyridine rings is 1. The highest BCUT2D eigenvalue weighted by Gasteiger charge is 2.38. The van der Waals surface area contributed by atoms with E-state index >= 15 is 0 Å². The predicted molar refractivity (Wildman–Crippen MR) is 110 cm³/mol. The Morgan fingerprint density at radius 2 is 1.86 bits per heavy atom. The van der Waals surface area contributed by atoms with Gasteiger partial charge in [-0.15, -0.1) is 0 Å². The second-order valence-electron chi connectivity index (χ2n) is 7.89. The molecule has 0 spiro atoms. The largest absolute Gasteiger partial charge is 0.473 e. The third-order valence-electron chi connectivity index (χ3n) is 5.16. The molecule has 1 unspecified atom stereocenters. The Bertz CT molecular complexity index is 1460. The third kappa shape index (κ3) is 4.70. The lowest BCUT2D eigenvalue weighted by Gasteiger charge is -2.12. The average molecular weight is 513 g/mol. The van der Waals surface area contributed by atoms with E-state index in [9.17, 15) is 31.1 Å². The maximum atomic E-state index is 14.0. The molecule has 0 saturated carbocycles. The van der Waals surface area contributed by atoms with Crippen LogP contribution in [0.2, 0.25) is 0 Å². The van der Waals surface area contributed by atoms with E-state index < -0.39 is 59.5 Å². The van der Waals surface area contributed by atoms with E-state index in [1.807, 2.05) is 0 Å². The first-order chi connectivity index (χ1) is 16.9. The van der Waals surface area contributed by atoms with Gasteiger partial charge in [0.25, 0.3) is 11.7 Å². The van der Waals surface area contributed by atoms with E-state index in [4.69, 9.17) is 4.74 Å². The second kappa shape index (κ2) is 9.17. The maximum absolute atomic E-state index is 14.0. The zero-order valence-corrected chi connectivity index (χ0v) is 18.9. The molecule has 0 aliphatic rings. The van der Waals surface area contributed by atoms with Crippen molar-refractivity contribution in [3.05, 3.63) is 75.8 Å². The molecule has 1 aromatic carbocycles. The van der Waals surface area contributed by atoms with Gasteiger partial charge in [0.1, 0.15) is 18.5 Å². The van der Waals surface area contributed by atoms with Gasteiger partial charge in [-0.3, -0.25) is 4.79 Å². The molecule has 4 aromatic rings. The van der Waals surface area contributed by atoms with E-state index in [-0.39, 0.29) is 22.7 Å². The number of alkyl halides is 3. The zero-order valence-electron chi connectivity index (χ0n) is 18.9. The first-order valence-corrected chi connectivity index (χ1v) is 10.3. The van der Waals surface area contributed by atoms with E-state index in [0.29, 0.717) is 11.6 Å². The minimum Gasteiger partial charge on any atom is -0.473 e. The second-order valence-corrected chi connectivity index (χ2v) is 7.89. The normalized spacial score (nSPS) is 12.7. The van der Waals surface area contributed by atoms with Gasteiger partial charge in [-0.05, 0) is 44.5 Å². The molecular weight excluding hydrogens is 496 g/mol. The van der Waals surface area contributed by atoms with Gasteiger partial charge in [-0.2, -0.15) is 27.8 Å². The summed E-state index contributed by atoms with van der Waals surface area (Å²) in [6.45, 7) is 3.87. The number of rotatable bonds is 6. The molecule has 1 amide bonds. The van der Waals surface area contributed by atoms with Crippen LogP contribution >= 0.6 is 0 Å². The van der Waals surface area contributed by atoms with Crippen LogP contribution in [-0.4, -0.2) is 25.7 Å². The number of aromatic nitrogens is 4. The molecule has 3 aromatic heterocycles. The number of hydrogen-bond acceptors (Lipinski definition) is 6. The van der Waals surface area contributed by atoms with Crippen LogP contribution in [0.1, 0.15) is 51.9 Å². The average Bonchev–Trinajstić information content (AvgIpc) is 3.41. The van der Waals surface area contributed by atoms with E-state index in [0.717, 1.165) is 6.07 Å². The summed E-state index contributed by atoms with van der Waals surface area (Å²) in [6, 6.07) is 3.43. The van der Waals surface area contributed by atoms with E-state index in [1.165, 1.54) is 24.4 Å².